The van der Waals surface area contributed by atoms with Crippen LogP contribution in [0.15, 0.2) is 18.2 Å². The van der Waals surface area contributed by atoms with E-state index in [9.17, 15) is 10.1 Å². The highest BCUT2D eigenvalue weighted by atomic mass is 32.2. The fraction of sp³-hybridized carbons (Fsp3) is 0.571. The van der Waals surface area contributed by atoms with Gasteiger partial charge in [0.05, 0.1) is 4.92 Å². The minimum absolute atomic E-state index is 0.187. The van der Waals surface area contributed by atoms with Crippen molar-refractivity contribution in [3.8, 4) is 0 Å². The highest BCUT2D eigenvalue weighted by Crippen LogP contribution is 2.31. The van der Waals surface area contributed by atoms with Crippen molar-refractivity contribution < 1.29 is 4.92 Å². The van der Waals surface area contributed by atoms with Crippen LogP contribution in [0.4, 0.5) is 11.4 Å². The summed E-state index contributed by atoms with van der Waals surface area (Å²) < 4.78 is 0. The fourth-order valence-electron chi connectivity index (χ4n) is 2.58. The van der Waals surface area contributed by atoms with E-state index < -0.39 is 0 Å². The Kier molecular flexibility index (Phi) is 4.69. The molecule has 2 rings (SSSR count). The predicted octanol–water partition coefficient (Wildman–Crippen LogP) is 3.99. The van der Waals surface area contributed by atoms with Crippen LogP contribution in [0, 0.1) is 17.0 Å². The molecule has 0 aromatic heterocycles. The summed E-state index contributed by atoms with van der Waals surface area (Å²) >= 11 is 1.93. The van der Waals surface area contributed by atoms with Gasteiger partial charge in [0, 0.05) is 17.4 Å². The Bertz CT molecular complexity index is 457. The normalized spacial score (nSPS) is 23.1. The maximum atomic E-state index is 11.1. The Hall–Kier alpha value is -1.23. The van der Waals surface area contributed by atoms with E-state index in [2.05, 4.69) is 11.6 Å². The number of anilines is 1. The second-order valence-electron chi connectivity index (χ2n) is 5.13. The van der Waals surface area contributed by atoms with Gasteiger partial charge in [0.15, 0.2) is 0 Å². The number of nitrogens with zero attached hydrogens (tertiary/aromatic N) is 1. The van der Waals surface area contributed by atoms with Crippen LogP contribution in [0.2, 0.25) is 0 Å². The molecule has 0 amide bonds. The Morgan fingerprint density at radius 1 is 1.32 bits per heavy atom. The van der Waals surface area contributed by atoms with Crippen molar-refractivity contribution in [2.24, 2.45) is 0 Å². The van der Waals surface area contributed by atoms with Gasteiger partial charge < -0.3 is 5.32 Å². The summed E-state index contributed by atoms with van der Waals surface area (Å²) in [5.41, 5.74) is 1.76. The first-order chi connectivity index (χ1) is 9.10. The fourth-order valence-corrected chi connectivity index (χ4v) is 3.32. The van der Waals surface area contributed by atoms with Gasteiger partial charge in [-0.25, -0.2) is 0 Å². The molecule has 0 saturated heterocycles. The van der Waals surface area contributed by atoms with Gasteiger partial charge in [-0.3, -0.25) is 10.1 Å². The van der Waals surface area contributed by atoms with Crippen molar-refractivity contribution in [1.82, 2.24) is 0 Å². The van der Waals surface area contributed by atoms with E-state index in [0.717, 1.165) is 23.7 Å². The van der Waals surface area contributed by atoms with E-state index in [1.807, 2.05) is 30.8 Å². The molecule has 1 saturated carbocycles. The summed E-state index contributed by atoms with van der Waals surface area (Å²) in [5.74, 6) is 0. The third kappa shape index (κ3) is 3.62. The van der Waals surface area contributed by atoms with Gasteiger partial charge in [-0.15, -0.1) is 0 Å². The lowest BCUT2D eigenvalue weighted by molar-refractivity contribution is -0.384. The van der Waals surface area contributed by atoms with Crippen LogP contribution in [0.25, 0.3) is 0 Å². The molecule has 0 aliphatic heterocycles. The smallest absolute Gasteiger partial charge is 0.292 e. The zero-order valence-electron chi connectivity index (χ0n) is 11.4. The summed E-state index contributed by atoms with van der Waals surface area (Å²) in [6.07, 6.45) is 6.73. The number of nitro benzene ring substituents is 1. The van der Waals surface area contributed by atoms with Gasteiger partial charge in [0.1, 0.15) is 5.69 Å². The second kappa shape index (κ2) is 6.28. The molecule has 1 fully saturated rings. The van der Waals surface area contributed by atoms with Gasteiger partial charge in [-0.05, 0) is 50.5 Å². The van der Waals surface area contributed by atoms with E-state index in [1.54, 1.807) is 6.07 Å². The van der Waals surface area contributed by atoms with Crippen LogP contribution >= 0.6 is 11.8 Å². The van der Waals surface area contributed by atoms with E-state index >= 15 is 0 Å². The number of nitrogens with one attached hydrogen (secondary N) is 1. The summed E-state index contributed by atoms with van der Waals surface area (Å²) in [5, 5.41) is 15.2. The van der Waals surface area contributed by atoms with E-state index in [0.29, 0.717) is 11.7 Å². The van der Waals surface area contributed by atoms with Gasteiger partial charge in [0.25, 0.3) is 5.69 Å². The second-order valence-corrected chi connectivity index (χ2v) is 6.27. The number of benzene rings is 1. The first kappa shape index (κ1) is 14.2. The molecule has 1 N–H and O–H groups in total. The number of rotatable bonds is 4. The van der Waals surface area contributed by atoms with Crippen LogP contribution in [-0.2, 0) is 0 Å². The van der Waals surface area contributed by atoms with Crippen molar-refractivity contribution >= 4 is 23.1 Å². The summed E-state index contributed by atoms with van der Waals surface area (Å²) in [6.45, 7) is 1.88. The number of hydrogen-bond donors (Lipinski definition) is 1. The minimum Gasteiger partial charge on any atom is -0.377 e. The molecule has 1 aromatic rings. The quantitative estimate of drug-likeness (QED) is 0.669. The maximum absolute atomic E-state index is 11.1. The molecule has 0 spiro atoms. The third-order valence-electron chi connectivity index (χ3n) is 3.72. The summed E-state index contributed by atoms with van der Waals surface area (Å²) in [4.78, 5) is 10.8. The highest BCUT2D eigenvalue weighted by molar-refractivity contribution is 7.99. The molecule has 1 aliphatic carbocycles. The molecule has 0 heterocycles. The molecule has 104 valence electrons. The van der Waals surface area contributed by atoms with E-state index in [-0.39, 0.29) is 10.6 Å². The predicted molar refractivity (Wildman–Crippen MR) is 81.0 cm³/mol. The molecular formula is C14H20N2O2S. The first-order valence-electron chi connectivity index (χ1n) is 6.64. The molecular weight excluding hydrogens is 260 g/mol. The van der Waals surface area contributed by atoms with E-state index in [1.165, 1.54) is 12.8 Å². The largest absolute Gasteiger partial charge is 0.377 e. The zero-order valence-corrected chi connectivity index (χ0v) is 12.2. The average molecular weight is 280 g/mol. The zero-order chi connectivity index (χ0) is 13.8. The lowest BCUT2D eigenvalue weighted by atomic mass is 9.94. The monoisotopic (exact) mass is 280 g/mol. The van der Waals surface area contributed by atoms with Crippen LogP contribution < -0.4 is 5.32 Å². The molecule has 0 unspecified atom stereocenters. The standard InChI is InChI=1S/C14H20N2O2S/c1-10-3-8-13(14(9-10)16(17)18)15-11-4-6-12(19-2)7-5-11/h3,8-9,11-12,15H,4-7H2,1-2H3. The molecule has 19 heavy (non-hydrogen) atoms. The van der Waals surface area contributed by atoms with Gasteiger partial charge in [0.2, 0.25) is 0 Å². The molecule has 0 atom stereocenters. The van der Waals surface area contributed by atoms with Gasteiger partial charge in [-0.2, -0.15) is 11.8 Å². The summed E-state index contributed by atoms with van der Waals surface area (Å²) in [6, 6.07) is 5.75. The minimum atomic E-state index is -0.303. The Labute approximate surface area is 118 Å². The molecule has 4 nitrogen and oxygen atoms in total. The number of aryl methyl sites for hydroxylation is 1. The highest BCUT2D eigenvalue weighted by Gasteiger charge is 2.22. The molecule has 0 bridgehead atoms. The van der Waals surface area contributed by atoms with Crippen molar-refractivity contribution in [3.63, 3.8) is 0 Å². The lowest BCUT2D eigenvalue weighted by Gasteiger charge is -2.28. The van der Waals surface area contributed by atoms with Gasteiger partial charge in [-0.1, -0.05) is 6.07 Å². The SMILES string of the molecule is CSC1CCC(Nc2ccc(C)cc2[N+](=O)[O-])CC1. The van der Waals surface area contributed by atoms with Crippen molar-refractivity contribution in [1.29, 1.82) is 0 Å². The van der Waals surface area contributed by atoms with Crippen molar-refractivity contribution in [2.45, 2.75) is 43.9 Å². The Morgan fingerprint density at radius 3 is 2.58 bits per heavy atom. The van der Waals surface area contributed by atoms with Crippen LogP contribution in [0.3, 0.4) is 0 Å². The Balaban J connectivity index is 2.05. The molecule has 1 aliphatic rings. The molecule has 5 heteroatoms. The maximum Gasteiger partial charge on any atom is 0.292 e. The van der Waals surface area contributed by atoms with Crippen LogP contribution in [0.5, 0.6) is 0 Å². The van der Waals surface area contributed by atoms with E-state index in [4.69, 9.17) is 0 Å². The van der Waals surface area contributed by atoms with Crippen LogP contribution in [0.1, 0.15) is 31.2 Å². The average Bonchev–Trinajstić information content (AvgIpc) is 2.41. The number of hydrogen-bond acceptors (Lipinski definition) is 4. The van der Waals surface area contributed by atoms with Gasteiger partial charge >= 0.3 is 0 Å². The van der Waals surface area contributed by atoms with Crippen molar-refractivity contribution in [2.75, 3.05) is 11.6 Å². The number of nitro groups is 1. The number of thioether (sulfide) groups is 1. The lowest BCUT2D eigenvalue weighted by Crippen LogP contribution is -2.27. The Morgan fingerprint density at radius 2 is 2.00 bits per heavy atom. The first-order valence-corrected chi connectivity index (χ1v) is 7.93. The van der Waals surface area contributed by atoms with Crippen molar-refractivity contribution in [3.05, 3.63) is 33.9 Å². The topological polar surface area (TPSA) is 55.2 Å². The van der Waals surface area contributed by atoms with Crippen LogP contribution in [-0.4, -0.2) is 22.5 Å². The molecule has 1 aromatic carbocycles. The summed E-state index contributed by atoms with van der Waals surface area (Å²) in [7, 11) is 0. The molecule has 0 radical (unpaired) electrons. The third-order valence-corrected chi connectivity index (χ3v) is 4.86.